The molecule has 0 bridgehead atoms. The van der Waals surface area contributed by atoms with E-state index in [4.69, 9.17) is 4.74 Å². The molecule has 0 radical (unpaired) electrons. The van der Waals surface area contributed by atoms with Crippen LogP contribution in [0, 0.1) is 6.92 Å². The van der Waals surface area contributed by atoms with Crippen LogP contribution in [0.4, 0.5) is 4.39 Å². The number of hydrogen-bond acceptors (Lipinski definition) is 3. The predicted molar refractivity (Wildman–Crippen MR) is 103 cm³/mol. The van der Waals surface area contributed by atoms with Gasteiger partial charge in [0.25, 0.3) is 5.56 Å². The summed E-state index contributed by atoms with van der Waals surface area (Å²) >= 11 is 3.31. The molecule has 26 heavy (non-hydrogen) atoms. The van der Waals surface area contributed by atoms with Gasteiger partial charge in [0.1, 0.15) is 10.3 Å². The molecule has 0 saturated heterocycles. The molecule has 0 saturated carbocycles. The molecule has 1 aliphatic rings. The summed E-state index contributed by atoms with van der Waals surface area (Å²) in [5.74, 6) is 0.142. The Morgan fingerprint density at radius 1 is 1.31 bits per heavy atom. The summed E-state index contributed by atoms with van der Waals surface area (Å²) in [4.78, 5) is 17.3. The molecule has 0 N–H and O–H groups in total. The summed E-state index contributed by atoms with van der Waals surface area (Å²) in [6, 6.07) is 9.88. The number of aryl methyl sites for hydroxylation is 2. The molecule has 0 amide bonds. The number of nitrogens with zero attached hydrogens (tertiary/aromatic N) is 2. The van der Waals surface area contributed by atoms with Crippen LogP contribution in [0.2, 0.25) is 0 Å². The standard InChI is InChI=1S/C20H20BrFN2O2/c1-13-17(21)20(25)24(12-11-14-7-4-3-5-8-14)19(23-13)15-9-6-10-16(26-2)18(15)22/h3-5,7-8,10H,6,9,11-12H2,1-2H3. The van der Waals surface area contributed by atoms with E-state index in [-0.39, 0.29) is 11.3 Å². The molecule has 0 unspecified atom stereocenters. The highest BCUT2D eigenvalue weighted by Crippen LogP contribution is 2.33. The van der Waals surface area contributed by atoms with Crippen LogP contribution in [0.15, 0.2) is 57.3 Å². The molecule has 4 nitrogen and oxygen atoms in total. The quantitative estimate of drug-likeness (QED) is 0.714. The molecular formula is C20H20BrFN2O2. The maximum Gasteiger partial charge on any atom is 0.268 e. The fourth-order valence-electron chi connectivity index (χ4n) is 3.04. The third kappa shape index (κ3) is 3.65. The predicted octanol–water partition coefficient (Wildman–Crippen LogP) is 4.56. The zero-order chi connectivity index (χ0) is 18.7. The number of aromatic nitrogens is 2. The fraction of sp³-hybridized carbons (Fsp3) is 0.300. The summed E-state index contributed by atoms with van der Waals surface area (Å²) in [5, 5.41) is 0. The van der Waals surface area contributed by atoms with Crippen molar-refractivity contribution in [1.29, 1.82) is 0 Å². The minimum atomic E-state index is -0.444. The Bertz CT molecular complexity index is 933. The highest BCUT2D eigenvalue weighted by molar-refractivity contribution is 9.10. The van der Waals surface area contributed by atoms with Gasteiger partial charge in [-0.15, -0.1) is 0 Å². The number of ether oxygens (including phenoxy) is 1. The van der Waals surface area contributed by atoms with Crippen molar-refractivity contribution in [2.24, 2.45) is 0 Å². The van der Waals surface area contributed by atoms with Crippen LogP contribution in [0.25, 0.3) is 5.57 Å². The first-order valence-electron chi connectivity index (χ1n) is 8.47. The Morgan fingerprint density at radius 3 is 2.73 bits per heavy atom. The first-order chi connectivity index (χ1) is 12.5. The van der Waals surface area contributed by atoms with E-state index in [1.165, 1.54) is 7.11 Å². The molecule has 0 spiro atoms. The summed E-state index contributed by atoms with van der Waals surface area (Å²) in [5.41, 5.74) is 1.88. The average molecular weight is 419 g/mol. The molecule has 1 aliphatic carbocycles. The summed E-state index contributed by atoms with van der Waals surface area (Å²) in [6.45, 7) is 2.16. The molecule has 1 aromatic carbocycles. The monoisotopic (exact) mass is 418 g/mol. The van der Waals surface area contributed by atoms with Gasteiger partial charge in [0.05, 0.1) is 12.8 Å². The van der Waals surface area contributed by atoms with E-state index in [0.717, 1.165) is 5.56 Å². The summed E-state index contributed by atoms with van der Waals surface area (Å²) in [6.07, 6.45) is 3.51. The fourth-order valence-corrected chi connectivity index (χ4v) is 3.34. The van der Waals surface area contributed by atoms with Crippen molar-refractivity contribution in [1.82, 2.24) is 9.55 Å². The molecule has 3 rings (SSSR count). The van der Waals surface area contributed by atoms with Crippen LogP contribution >= 0.6 is 15.9 Å². The van der Waals surface area contributed by atoms with Crippen LogP contribution in [-0.4, -0.2) is 16.7 Å². The number of rotatable bonds is 5. The molecule has 1 aromatic heterocycles. The highest BCUT2D eigenvalue weighted by atomic mass is 79.9. The number of halogens is 2. The molecule has 0 aliphatic heterocycles. The van der Waals surface area contributed by atoms with Crippen molar-refractivity contribution in [3.05, 3.63) is 79.9 Å². The van der Waals surface area contributed by atoms with Crippen molar-refractivity contribution in [3.63, 3.8) is 0 Å². The van der Waals surface area contributed by atoms with E-state index in [1.54, 1.807) is 17.6 Å². The lowest BCUT2D eigenvalue weighted by molar-refractivity contribution is 0.280. The van der Waals surface area contributed by atoms with Crippen molar-refractivity contribution in [3.8, 4) is 0 Å². The average Bonchev–Trinajstić information content (AvgIpc) is 2.66. The number of benzene rings is 1. The molecule has 1 heterocycles. The molecule has 6 heteroatoms. The molecule has 2 aromatic rings. The smallest absolute Gasteiger partial charge is 0.268 e. The molecule has 0 fully saturated rings. The third-order valence-corrected chi connectivity index (χ3v) is 5.35. The van der Waals surface area contributed by atoms with Crippen LogP contribution < -0.4 is 5.56 Å². The van der Waals surface area contributed by atoms with Gasteiger partial charge in [-0.2, -0.15) is 0 Å². The Hall–Kier alpha value is -2.21. The first-order valence-corrected chi connectivity index (χ1v) is 9.26. The Balaban J connectivity index is 2.07. The van der Waals surface area contributed by atoms with Gasteiger partial charge in [0.2, 0.25) is 0 Å². The maximum atomic E-state index is 14.8. The van der Waals surface area contributed by atoms with Gasteiger partial charge in [-0.25, -0.2) is 9.37 Å². The third-order valence-electron chi connectivity index (χ3n) is 4.44. The van der Waals surface area contributed by atoms with Crippen LogP contribution in [0.1, 0.15) is 29.9 Å². The number of hydrogen-bond donors (Lipinski definition) is 0. The number of methoxy groups -OCH3 is 1. The van der Waals surface area contributed by atoms with Crippen molar-refractivity contribution < 1.29 is 9.13 Å². The first kappa shape index (κ1) is 18.6. The van der Waals surface area contributed by atoms with Gasteiger partial charge in [-0.05, 0) is 53.8 Å². The minimum absolute atomic E-state index is 0.197. The van der Waals surface area contributed by atoms with E-state index < -0.39 is 5.83 Å². The highest BCUT2D eigenvalue weighted by Gasteiger charge is 2.23. The second-order valence-electron chi connectivity index (χ2n) is 6.13. The van der Waals surface area contributed by atoms with Crippen molar-refractivity contribution in [2.75, 3.05) is 7.11 Å². The van der Waals surface area contributed by atoms with Gasteiger partial charge >= 0.3 is 0 Å². The van der Waals surface area contributed by atoms with E-state index in [9.17, 15) is 9.18 Å². The van der Waals surface area contributed by atoms with Crippen LogP contribution in [0.3, 0.4) is 0 Å². The van der Waals surface area contributed by atoms with Crippen LogP contribution in [0.5, 0.6) is 0 Å². The normalized spacial score (nSPS) is 14.4. The second kappa shape index (κ2) is 7.99. The zero-order valence-corrected chi connectivity index (χ0v) is 16.3. The van der Waals surface area contributed by atoms with E-state index in [1.807, 2.05) is 30.3 Å². The lowest BCUT2D eigenvalue weighted by Crippen LogP contribution is -2.28. The van der Waals surface area contributed by atoms with Crippen molar-refractivity contribution in [2.45, 2.75) is 32.7 Å². The topological polar surface area (TPSA) is 44.1 Å². The van der Waals surface area contributed by atoms with Gasteiger partial charge in [0.15, 0.2) is 11.6 Å². The Kier molecular flexibility index (Phi) is 5.71. The SMILES string of the molecule is COC1=CCCC(c2nc(C)c(Br)c(=O)n2CCc2ccccc2)=C1F. The summed E-state index contributed by atoms with van der Waals surface area (Å²) < 4.78 is 21.9. The second-order valence-corrected chi connectivity index (χ2v) is 6.92. The van der Waals surface area contributed by atoms with Gasteiger partial charge < -0.3 is 4.74 Å². The molecular weight excluding hydrogens is 399 g/mol. The zero-order valence-electron chi connectivity index (χ0n) is 14.8. The van der Waals surface area contributed by atoms with Crippen molar-refractivity contribution >= 4 is 21.5 Å². The van der Waals surface area contributed by atoms with Gasteiger partial charge in [0, 0.05) is 12.1 Å². The Morgan fingerprint density at radius 2 is 2.04 bits per heavy atom. The van der Waals surface area contributed by atoms with Crippen LogP contribution in [-0.2, 0) is 17.7 Å². The summed E-state index contributed by atoms with van der Waals surface area (Å²) in [7, 11) is 1.44. The molecule has 136 valence electrons. The Labute approximate surface area is 160 Å². The molecule has 0 atom stereocenters. The maximum absolute atomic E-state index is 14.8. The number of allylic oxidation sites excluding steroid dienone is 3. The lowest BCUT2D eigenvalue weighted by Gasteiger charge is -2.20. The minimum Gasteiger partial charge on any atom is -0.494 e. The lowest BCUT2D eigenvalue weighted by atomic mass is 10.0. The van der Waals surface area contributed by atoms with Gasteiger partial charge in [-0.3, -0.25) is 9.36 Å². The van der Waals surface area contributed by atoms with E-state index in [2.05, 4.69) is 20.9 Å². The van der Waals surface area contributed by atoms with E-state index in [0.29, 0.717) is 47.4 Å². The largest absolute Gasteiger partial charge is 0.494 e. The van der Waals surface area contributed by atoms with E-state index >= 15 is 0 Å². The van der Waals surface area contributed by atoms with Gasteiger partial charge in [-0.1, -0.05) is 30.3 Å².